The molecule has 0 amide bonds. The molecular formula is C11H7BrN2S. The summed E-state index contributed by atoms with van der Waals surface area (Å²) in [4.78, 5) is 1.13. The van der Waals surface area contributed by atoms with Gasteiger partial charge in [0.2, 0.25) is 0 Å². The second-order valence-electron chi connectivity index (χ2n) is 2.68. The number of allylic oxidation sites excluding steroid dienone is 1. The Hall–Kier alpha value is -1.23. The predicted octanol–water partition coefficient (Wildman–Crippen LogP) is 3.60. The van der Waals surface area contributed by atoms with Crippen molar-refractivity contribution < 1.29 is 0 Å². The van der Waals surface area contributed by atoms with Crippen LogP contribution in [-0.2, 0) is 0 Å². The van der Waals surface area contributed by atoms with E-state index >= 15 is 0 Å². The minimum absolute atomic E-state index is 0.110. The number of hydrogen-bond acceptors (Lipinski definition) is 3. The highest BCUT2D eigenvalue weighted by atomic mass is 79.9. The Balaban J connectivity index is 3.11. The molecule has 0 spiro atoms. The Bertz CT molecular complexity index is 464. The number of nitrogens with zero attached hydrogens (tertiary/aromatic N) is 2. The third-order valence-corrected chi connectivity index (χ3v) is 3.44. The summed E-state index contributed by atoms with van der Waals surface area (Å²) in [6.07, 6.45) is 3.56. The summed E-state index contributed by atoms with van der Waals surface area (Å²) >= 11 is 5.06. The molecule has 0 aromatic heterocycles. The number of thioether (sulfide) groups is 1. The normalized spacial score (nSPS) is 8.80. The average Bonchev–Trinajstić information content (AvgIpc) is 2.26. The van der Waals surface area contributed by atoms with E-state index in [-0.39, 0.29) is 5.57 Å². The quantitative estimate of drug-likeness (QED) is 0.613. The van der Waals surface area contributed by atoms with E-state index in [4.69, 9.17) is 10.5 Å². The van der Waals surface area contributed by atoms with Crippen molar-refractivity contribution in [1.82, 2.24) is 0 Å². The molecule has 0 aliphatic carbocycles. The van der Waals surface area contributed by atoms with Gasteiger partial charge in [0.05, 0.1) is 0 Å². The topological polar surface area (TPSA) is 47.6 Å². The van der Waals surface area contributed by atoms with Crippen LogP contribution in [0.3, 0.4) is 0 Å². The van der Waals surface area contributed by atoms with Gasteiger partial charge in [0.1, 0.15) is 17.7 Å². The molecule has 0 aliphatic rings. The van der Waals surface area contributed by atoms with Gasteiger partial charge in [0.15, 0.2) is 0 Å². The van der Waals surface area contributed by atoms with Crippen LogP contribution in [0.2, 0.25) is 0 Å². The lowest BCUT2D eigenvalue weighted by atomic mass is 10.1. The Kier molecular flexibility index (Phi) is 4.42. The van der Waals surface area contributed by atoms with E-state index in [1.165, 1.54) is 0 Å². The lowest BCUT2D eigenvalue weighted by Gasteiger charge is -2.01. The van der Waals surface area contributed by atoms with Gasteiger partial charge in [-0.25, -0.2) is 0 Å². The van der Waals surface area contributed by atoms with E-state index in [0.29, 0.717) is 0 Å². The molecule has 74 valence electrons. The minimum Gasteiger partial charge on any atom is -0.192 e. The Morgan fingerprint density at radius 3 is 2.53 bits per heavy atom. The largest absolute Gasteiger partial charge is 0.192 e. The molecule has 0 heterocycles. The van der Waals surface area contributed by atoms with Crippen molar-refractivity contribution in [2.24, 2.45) is 0 Å². The van der Waals surface area contributed by atoms with Crippen molar-refractivity contribution in [3.05, 3.63) is 33.8 Å². The summed E-state index contributed by atoms with van der Waals surface area (Å²) in [6.45, 7) is 0. The lowest BCUT2D eigenvalue weighted by molar-refractivity contribution is 1.39. The van der Waals surface area contributed by atoms with Crippen LogP contribution in [0.5, 0.6) is 0 Å². The molecule has 0 aliphatic heterocycles. The molecule has 2 nitrogen and oxygen atoms in total. The predicted molar refractivity (Wildman–Crippen MR) is 65.1 cm³/mol. The Morgan fingerprint density at radius 1 is 1.40 bits per heavy atom. The Morgan fingerprint density at radius 2 is 2.07 bits per heavy atom. The maximum atomic E-state index is 8.60. The van der Waals surface area contributed by atoms with E-state index < -0.39 is 0 Å². The molecule has 1 rings (SSSR count). The van der Waals surface area contributed by atoms with Crippen LogP contribution in [0.1, 0.15) is 5.56 Å². The molecule has 0 fully saturated rings. The molecule has 0 saturated heterocycles. The zero-order chi connectivity index (χ0) is 11.3. The van der Waals surface area contributed by atoms with Gasteiger partial charge in [-0.15, -0.1) is 11.8 Å². The summed E-state index contributed by atoms with van der Waals surface area (Å²) in [5.41, 5.74) is 0.955. The van der Waals surface area contributed by atoms with Gasteiger partial charge in [0, 0.05) is 9.37 Å². The molecular weight excluding hydrogens is 272 g/mol. The fourth-order valence-electron chi connectivity index (χ4n) is 1.03. The van der Waals surface area contributed by atoms with Crippen LogP contribution in [0.4, 0.5) is 0 Å². The number of hydrogen-bond donors (Lipinski definition) is 0. The van der Waals surface area contributed by atoms with Crippen molar-refractivity contribution in [3.8, 4) is 12.1 Å². The van der Waals surface area contributed by atoms with Crippen molar-refractivity contribution in [3.63, 3.8) is 0 Å². The van der Waals surface area contributed by atoms with Crippen LogP contribution in [-0.4, -0.2) is 6.26 Å². The van der Waals surface area contributed by atoms with Crippen LogP contribution >= 0.6 is 27.7 Å². The number of rotatable bonds is 2. The van der Waals surface area contributed by atoms with Crippen LogP contribution in [0.25, 0.3) is 6.08 Å². The molecule has 0 bridgehead atoms. The van der Waals surface area contributed by atoms with Crippen molar-refractivity contribution in [1.29, 1.82) is 10.5 Å². The highest BCUT2D eigenvalue weighted by Gasteiger charge is 2.00. The first-order chi connectivity index (χ1) is 7.21. The van der Waals surface area contributed by atoms with E-state index in [0.717, 1.165) is 14.9 Å². The molecule has 1 aromatic carbocycles. The monoisotopic (exact) mass is 278 g/mol. The first-order valence-corrected chi connectivity index (χ1v) is 6.08. The van der Waals surface area contributed by atoms with Gasteiger partial charge < -0.3 is 0 Å². The van der Waals surface area contributed by atoms with E-state index in [9.17, 15) is 0 Å². The summed E-state index contributed by atoms with van der Waals surface area (Å²) in [6, 6.07) is 9.38. The van der Waals surface area contributed by atoms with Gasteiger partial charge in [-0.05, 0) is 46.0 Å². The van der Waals surface area contributed by atoms with E-state index in [2.05, 4.69) is 15.9 Å². The first-order valence-electron chi connectivity index (χ1n) is 4.06. The highest BCUT2D eigenvalue weighted by molar-refractivity contribution is 9.10. The fourth-order valence-corrected chi connectivity index (χ4v) is 2.37. The summed E-state index contributed by atoms with van der Waals surface area (Å²) in [7, 11) is 0. The van der Waals surface area contributed by atoms with Gasteiger partial charge in [-0.3, -0.25) is 0 Å². The van der Waals surface area contributed by atoms with Crippen molar-refractivity contribution in [2.45, 2.75) is 4.90 Å². The zero-order valence-electron chi connectivity index (χ0n) is 7.99. The van der Waals surface area contributed by atoms with Crippen molar-refractivity contribution >= 4 is 33.8 Å². The Labute approximate surface area is 101 Å². The average molecular weight is 279 g/mol. The highest BCUT2D eigenvalue weighted by Crippen LogP contribution is 2.27. The molecule has 0 saturated carbocycles. The van der Waals surface area contributed by atoms with Crippen LogP contribution in [0, 0.1) is 22.7 Å². The standard InChI is InChI=1S/C11H7BrN2S/c1-15-11-3-2-8(5-10(11)12)4-9(6-13)7-14/h2-5H,1H3. The SMILES string of the molecule is CSc1ccc(C=C(C#N)C#N)cc1Br. The molecule has 0 atom stereocenters. The van der Waals surface area contributed by atoms with Gasteiger partial charge in [0.25, 0.3) is 0 Å². The minimum atomic E-state index is 0.110. The third kappa shape index (κ3) is 3.13. The molecule has 1 aromatic rings. The zero-order valence-corrected chi connectivity index (χ0v) is 10.4. The van der Waals surface area contributed by atoms with Crippen molar-refractivity contribution in [2.75, 3.05) is 6.26 Å². The van der Waals surface area contributed by atoms with E-state index in [1.807, 2.05) is 36.6 Å². The smallest absolute Gasteiger partial charge is 0.130 e. The lowest BCUT2D eigenvalue weighted by Crippen LogP contribution is -1.79. The summed E-state index contributed by atoms with van der Waals surface area (Å²) in [5, 5.41) is 17.2. The summed E-state index contributed by atoms with van der Waals surface area (Å²) < 4.78 is 0.971. The second kappa shape index (κ2) is 5.60. The third-order valence-electron chi connectivity index (χ3n) is 1.73. The van der Waals surface area contributed by atoms with Crippen LogP contribution in [0.15, 0.2) is 33.1 Å². The number of nitriles is 2. The molecule has 15 heavy (non-hydrogen) atoms. The molecule has 0 unspecified atom stereocenters. The second-order valence-corrected chi connectivity index (χ2v) is 4.38. The summed E-state index contributed by atoms with van der Waals surface area (Å²) in [5.74, 6) is 0. The molecule has 4 heteroatoms. The van der Waals surface area contributed by atoms with Gasteiger partial charge in [-0.1, -0.05) is 6.07 Å². The number of benzene rings is 1. The number of halogens is 1. The first kappa shape index (κ1) is 11.8. The molecule has 0 radical (unpaired) electrons. The fraction of sp³-hybridized carbons (Fsp3) is 0.0909. The van der Waals surface area contributed by atoms with Gasteiger partial charge >= 0.3 is 0 Å². The molecule has 0 N–H and O–H groups in total. The van der Waals surface area contributed by atoms with E-state index in [1.54, 1.807) is 17.8 Å². The maximum Gasteiger partial charge on any atom is 0.130 e. The van der Waals surface area contributed by atoms with Crippen LogP contribution < -0.4 is 0 Å². The van der Waals surface area contributed by atoms with Gasteiger partial charge in [-0.2, -0.15) is 10.5 Å². The maximum absolute atomic E-state index is 8.60.